The summed E-state index contributed by atoms with van der Waals surface area (Å²) in [4.78, 5) is 16.8. The summed E-state index contributed by atoms with van der Waals surface area (Å²) in [5.41, 5.74) is 0.842. The molecule has 0 spiro atoms. The first kappa shape index (κ1) is 19.1. The number of hydrogen-bond donors (Lipinski definition) is 1. The molecule has 0 atom stereocenters. The fourth-order valence-electron chi connectivity index (χ4n) is 4.60. The number of amides is 1. The van der Waals surface area contributed by atoms with Crippen LogP contribution in [-0.4, -0.2) is 71.3 Å². The third-order valence-corrected chi connectivity index (χ3v) is 6.50. The summed E-state index contributed by atoms with van der Waals surface area (Å²) in [6.07, 6.45) is 6.47. The second-order valence-electron chi connectivity index (χ2n) is 9.30. The van der Waals surface area contributed by atoms with E-state index in [0.29, 0.717) is 18.9 Å². The van der Waals surface area contributed by atoms with Crippen LogP contribution in [0.15, 0.2) is 36.1 Å². The van der Waals surface area contributed by atoms with E-state index < -0.39 is 5.60 Å². The van der Waals surface area contributed by atoms with E-state index in [4.69, 9.17) is 9.47 Å². The summed E-state index contributed by atoms with van der Waals surface area (Å²) in [6.45, 7) is 5.48. The van der Waals surface area contributed by atoms with Crippen molar-refractivity contribution in [3.63, 3.8) is 0 Å². The summed E-state index contributed by atoms with van der Waals surface area (Å²) in [5, 5.41) is 9.75. The first-order valence-electron chi connectivity index (χ1n) is 10.8. The van der Waals surface area contributed by atoms with Crippen LogP contribution in [0.5, 0.6) is 5.75 Å². The fraction of sp³-hybridized carbons (Fsp3) is 0.609. The Morgan fingerprint density at radius 1 is 1.17 bits per heavy atom. The molecule has 2 heterocycles. The Hall–Kier alpha value is -1.89. The van der Waals surface area contributed by atoms with Gasteiger partial charge in [-0.25, -0.2) is 0 Å². The molecule has 0 radical (unpaired) electrons. The van der Waals surface area contributed by atoms with Crippen LogP contribution in [0.1, 0.15) is 44.1 Å². The van der Waals surface area contributed by atoms with Crippen LogP contribution in [-0.2, 0) is 9.53 Å². The zero-order valence-electron chi connectivity index (χ0n) is 17.0. The Labute approximate surface area is 172 Å². The Morgan fingerprint density at radius 2 is 1.90 bits per heavy atom. The van der Waals surface area contributed by atoms with Gasteiger partial charge in [-0.15, -0.1) is 0 Å². The van der Waals surface area contributed by atoms with Gasteiger partial charge in [0.25, 0.3) is 5.91 Å². The zero-order valence-corrected chi connectivity index (χ0v) is 17.0. The second kappa shape index (κ2) is 7.42. The minimum absolute atomic E-state index is 0.0115. The molecular weight excluding hydrogens is 368 g/mol. The number of hydrogen-bond acceptors (Lipinski definition) is 5. The molecule has 2 aliphatic carbocycles. The Kier molecular flexibility index (Phi) is 4.88. The van der Waals surface area contributed by atoms with E-state index in [-0.39, 0.29) is 18.1 Å². The normalized spacial score (nSPS) is 28.7. The maximum atomic E-state index is 12.7. The molecule has 1 aromatic carbocycles. The molecule has 1 saturated heterocycles. The first-order valence-corrected chi connectivity index (χ1v) is 10.8. The molecule has 1 amide bonds. The summed E-state index contributed by atoms with van der Waals surface area (Å²) < 4.78 is 11.8. The van der Waals surface area contributed by atoms with E-state index >= 15 is 0 Å². The van der Waals surface area contributed by atoms with Gasteiger partial charge in [-0.2, -0.15) is 0 Å². The summed E-state index contributed by atoms with van der Waals surface area (Å²) in [5.74, 6) is 1.89. The SMILES string of the molecule is CC1(O)CN(CCOC2CC(N3CC=C(Oc4ccc(C5CC5)cc4)C3=O)C2)C1. The summed E-state index contributed by atoms with van der Waals surface area (Å²) in [7, 11) is 0. The fourth-order valence-corrected chi connectivity index (χ4v) is 4.60. The maximum Gasteiger partial charge on any atom is 0.289 e. The number of aliphatic hydroxyl groups is 1. The molecule has 6 heteroatoms. The van der Waals surface area contributed by atoms with Crippen LogP contribution in [0.3, 0.4) is 0 Å². The average molecular weight is 399 g/mol. The van der Waals surface area contributed by atoms with Crippen LogP contribution in [0.25, 0.3) is 0 Å². The first-order chi connectivity index (χ1) is 14.0. The van der Waals surface area contributed by atoms with Crippen molar-refractivity contribution in [2.75, 3.05) is 32.8 Å². The number of nitrogens with zero attached hydrogens (tertiary/aromatic N) is 2. The lowest BCUT2D eigenvalue weighted by molar-refractivity contribution is -0.136. The largest absolute Gasteiger partial charge is 0.452 e. The maximum absolute atomic E-state index is 12.7. The molecule has 1 N–H and O–H groups in total. The van der Waals surface area contributed by atoms with E-state index in [9.17, 15) is 9.90 Å². The van der Waals surface area contributed by atoms with Crippen LogP contribution in [0.4, 0.5) is 0 Å². The van der Waals surface area contributed by atoms with E-state index in [1.54, 1.807) is 0 Å². The van der Waals surface area contributed by atoms with Crippen molar-refractivity contribution >= 4 is 5.91 Å². The van der Waals surface area contributed by atoms with E-state index in [1.807, 2.05) is 30.0 Å². The molecule has 2 aliphatic heterocycles. The molecule has 0 bridgehead atoms. The minimum Gasteiger partial charge on any atom is -0.452 e. The van der Waals surface area contributed by atoms with Gasteiger partial charge in [-0.05, 0) is 62.3 Å². The van der Waals surface area contributed by atoms with Crippen molar-refractivity contribution in [1.29, 1.82) is 0 Å². The van der Waals surface area contributed by atoms with Gasteiger partial charge in [0.2, 0.25) is 0 Å². The molecular formula is C23H30N2O4. The second-order valence-corrected chi connectivity index (χ2v) is 9.30. The Morgan fingerprint density at radius 3 is 2.55 bits per heavy atom. The number of carbonyl (C=O) groups is 1. The molecule has 2 saturated carbocycles. The van der Waals surface area contributed by atoms with Gasteiger partial charge in [0.15, 0.2) is 5.76 Å². The molecule has 29 heavy (non-hydrogen) atoms. The van der Waals surface area contributed by atoms with Crippen molar-refractivity contribution in [3.05, 3.63) is 41.7 Å². The Bertz CT molecular complexity index is 786. The number of carbonyl (C=O) groups excluding carboxylic acids is 1. The van der Waals surface area contributed by atoms with E-state index in [0.717, 1.165) is 44.1 Å². The predicted molar refractivity (Wildman–Crippen MR) is 109 cm³/mol. The van der Waals surface area contributed by atoms with Crippen LogP contribution < -0.4 is 4.74 Å². The molecule has 0 unspecified atom stereocenters. The lowest BCUT2D eigenvalue weighted by Gasteiger charge is -2.45. The minimum atomic E-state index is -0.524. The summed E-state index contributed by atoms with van der Waals surface area (Å²) in [6, 6.07) is 8.40. The van der Waals surface area contributed by atoms with E-state index in [2.05, 4.69) is 17.0 Å². The van der Waals surface area contributed by atoms with Gasteiger partial charge in [0, 0.05) is 32.2 Å². The van der Waals surface area contributed by atoms with Crippen LogP contribution in [0.2, 0.25) is 0 Å². The van der Waals surface area contributed by atoms with Gasteiger partial charge in [-0.1, -0.05) is 12.1 Å². The smallest absolute Gasteiger partial charge is 0.289 e. The van der Waals surface area contributed by atoms with Crippen molar-refractivity contribution in [3.8, 4) is 5.75 Å². The third-order valence-electron chi connectivity index (χ3n) is 6.50. The van der Waals surface area contributed by atoms with Gasteiger partial charge in [0.05, 0.1) is 18.3 Å². The average Bonchev–Trinajstić information content (AvgIpc) is 3.42. The number of benzene rings is 1. The monoisotopic (exact) mass is 398 g/mol. The zero-order chi connectivity index (χ0) is 20.0. The predicted octanol–water partition coefficient (Wildman–Crippen LogP) is 2.28. The quantitative estimate of drug-likeness (QED) is 0.728. The number of likely N-dealkylation sites (tertiary alicyclic amines) is 1. The highest BCUT2D eigenvalue weighted by molar-refractivity contribution is 5.94. The summed E-state index contributed by atoms with van der Waals surface area (Å²) >= 11 is 0. The van der Waals surface area contributed by atoms with Crippen molar-refractivity contribution in [1.82, 2.24) is 9.80 Å². The van der Waals surface area contributed by atoms with Crippen molar-refractivity contribution in [2.45, 2.75) is 56.3 Å². The van der Waals surface area contributed by atoms with Crippen molar-refractivity contribution < 1.29 is 19.4 Å². The van der Waals surface area contributed by atoms with Gasteiger partial charge >= 0.3 is 0 Å². The van der Waals surface area contributed by atoms with Crippen molar-refractivity contribution in [2.24, 2.45) is 0 Å². The Balaban J connectivity index is 1.03. The molecule has 4 aliphatic rings. The van der Waals surface area contributed by atoms with Gasteiger partial charge in [-0.3, -0.25) is 9.69 Å². The van der Waals surface area contributed by atoms with Gasteiger partial charge in [0.1, 0.15) is 5.75 Å². The molecule has 156 valence electrons. The lowest BCUT2D eigenvalue weighted by Crippen LogP contribution is -2.60. The number of β-amino-alcohol motifs (C(OH)–C–C–N with tert-alkyl or cyclic N) is 1. The van der Waals surface area contributed by atoms with Crippen LogP contribution >= 0.6 is 0 Å². The van der Waals surface area contributed by atoms with Crippen LogP contribution in [0, 0.1) is 0 Å². The highest BCUT2D eigenvalue weighted by Gasteiger charge is 2.40. The highest BCUT2D eigenvalue weighted by atomic mass is 16.5. The third kappa shape index (κ3) is 4.20. The van der Waals surface area contributed by atoms with Gasteiger partial charge < -0.3 is 19.5 Å². The topological polar surface area (TPSA) is 62.2 Å². The standard InChI is InChI=1S/C23H30N2O4/c1-23(27)14-24(15-23)10-11-28-20-12-18(13-20)25-9-8-21(22(25)26)29-19-6-4-17(5-7-19)16-2-3-16/h4-8,16,18,20,27H,2-3,9-15H2,1H3. The number of ether oxygens (including phenoxy) is 2. The highest BCUT2D eigenvalue weighted by Crippen LogP contribution is 2.40. The molecule has 5 rings (SSSR count). The van der Waals surface area contributed by atoms with E-state index in [1.165, 1.54) is 18.4 Å². The molecule has 6 nitrogen and oxygen atoms in total. The lowest BCUT2D eigenvalue weighted by atomic mass is 9.88. The molecule has 3 fully saturated rings. The molecule has 0 aromatic heterocycles. The number of rotatable bonds is 8. The molecule has 1 aromatic rings.